The van der Waals surface area contributed by atoms with E-state index < -0.39 is 53.1 Å². The average Bonchev–Trinajstić information content (AvgIpc) is 3.02. The maximum Gasteiger partial charge on any atom is 0.311 e. The first-order valence-corrected chi connectivity index (χ1v) is 17.7. The highest BCUT2D eigenvalue weighted by atomic mass is 16.7. The zero-order chi connectivity index (χ0) is 36.9. The number of methoxy groups -OCH3 is 1. The molecule has 0 spiro atoms. The van der Waals surface area contributed by atoms with Crippen molar-refractivity contribution in [3.63, 3.8) is 0 Å². The monoisotopic (exact) mass is 670 g/mol. The summed E-state index contributed by atoms with van der Waals surface area (Å²) in [5.74, 6) is 3.70. The van der Waals surface area contributed by atoms with E-state index in [0.29, 0.717) is 31.4 Å². The first-order chi connectivity index (χ1) is 21.8. The van der Waals surface area contributed by atoms with Crippen LogP contribution in [0.3, 0.4) is 0 Å². The lowest BCUT2D eigenvalue weighted by molar-refractivity contribution is -0.282. The summed E-state index contributed by atoms with van der Waals surface area (Å²) < 4.78 is 25.0. The van der Waals surface area contributed by atoms with Gasteiger partial charge in [0.1, 0.15) is 13.2 Å². The highest BCUT2D eigenvalue weighted by molar-refractivity contribution is 5.88. The fraction of sp³-hybridized carbons (Fsp3) is 0.895. The molecule has 2 saturated heterocycles. The van der Waals surface area contributed by atoms with Crippen molar-refractivity contribution in [1.29, 1.82) is 0 Å². The van der Waals surface area contributed by atoms with Gasteiger partial charge in [-0.15, -0.1) is 11.8 Å². The van der Waals surface area contributed by atoms with E-state index in [-0.39, 0.29) is 29.8 Å². The van der Waals surface area contributed by atoms with Crippen molar-refractivity contribution in [1.82, 2.24) is 0 Å². The lowest BCUT2D eigenvalue weighted by Crippen LogP contribution is -2.53. The number of hydrogen-bond acceptors (Lipinski definition) is 9. The highest BCUT2D eigenvalue weighted by Gasteiger charge is 2.48. The molecule has 0 aliphatic carbocycles. The van der Waals surface area contributed by atoms with Gasteiger partial charge < -0.3 is 34.0 Å². The topological polar surface area (TPSA) is 116 Å². The summed E-state index contributed by atoms with van der Waals surface area (Å²) in [5, 5.41) is 27.5. The molecule has 2 N–H and O–H groups in total. The fourth-order valence-electron chi connectivity index (χ4n) is 7.21. The number of nitrogens with zero attached hydrogens (tertiary/aromatic N) is 1. The second-order valence-corrected chi connectivity index (χ2v) is 14.5. The van der Waals surface area contributed by atoms with Crippen molar-refractivity contribution in [2.75, 3.05) is 14.2 Å². The van der Waals surface area contributed by atoms with Gasteiger partial charge in [-0.2, -0.15) is 0 Å². The molecule has 276 valence electrons. The van der Waals surface area contributed by atoms with Gasteiger partial charge in [-0.3, -0.25) is 4.79 Å². The third-order valence-electron chi connectivity index (χ3n) is 10.4. The number of aliphatic hydroxyl groups excluding tert-OH is 1. The van der Waals surface area contributed by atoms with Crippen LogP contribution >= 0.6 is 0 Å². The quantitative estimate of drug-likeness (QED) is 0.177. The van der Waals surface area contributed by atoms with Gasteiger partial charge in [0.15, 0.2) is 6.29 Å². The number of carbonyl (C=O) groups excluding carboxylic acids is 1. The molecule has 2 aliphatic heterocycles. The minimum atomic E-state index is -1.11. The van der Waals surface area contributed by atoms with Gasteiger partial charge in [0.2, 0.25) is 0 Å². The third-order valence-corrected chi connectivity index (χ3v) is 10.4. The predicted octanol–water partition coefficient (Wildman–Crippen LogP) is 7.40. The van der Waals surface area contributed by atoms with Crippen LogP contribution < -0.4 is 0 Å². The highest BCUT2D eigenvalue weighted by Crippen LogP contribution is 2.41. The number of aliphatic hydroxyl groups is 2. The lowest BCUT2D eigenvalue weighted by Gasteiger charge is -2.47. The molecule has 47 heavy (non-hydrogen) atoms. The van der Waals surface area contributed by atoms with Crippen LogP contribution in [-0.2, 0) is 28.6 Å². The van der Waals surface area contributed by atoms with E-state index in [1.54, 1.807) is 14.0 Å². The molecule has 0 amide bonds. The molecule has 0 saturated carbocycles. The number of ether oxygens (including phenoxy) is 4. The molecule has 12 atom stereocenters. The molecule has 2 rings (SSSR count). The van der Waals surface area contributed by atoms with Crippen LogP contribution in [-0.4, -0.2) is 78.0 Å². The molecule has 9 nitrogen and oxygen atoms in total. The van der Waals surface area contributed by atoms with Crippen LogP contribution in [0.15, 0.2) is 5.16 Å². The summed E-state index contributed by atoms with van der Waals surface area (Å²) in [6, 6.07) is 0. The maximum atomic E-state index is 13.8. The fourth-order valence-corrected chi connectivity index (χ4v) is 7.21. The summed E-state index contributed by atoms with van der Waals surface area (Å²) in [6.45, 7) is 29.1. The van der Waals surface area contributed by atoms with E-state index in [4.69, 9.17) is 23.8 Å². The molecule has 0 bridgehead atoms. The summed E-state index contributed by atoms with van der Waals surface area (Å²) in [5.41, 5.74) is -1.67. The lowest BCUT2D eigenvalue weighted by atomic mass is 9.70. The van der Waals surface area contributed by atoms with E-state index in [1.165, 1.54) is 7.11 Å². The largest absolute Gasteiger partial charge is 0.461 e. The second kappa shape index (κ2) is 20.1. The van der Waals surface area contributed by atoms with E-state index in [9.17, 15) is 15.0 Å². The number of hydrogen-bond donors (Lipinski definition) is 2. The van der Waals surface area contributed by atoms with E-state index >= 15 is 0 Å². The molecule has 0 radical (unpaired) electrons. The van der Waals surface area contributed by atoms with Gasteiger partial charge in [-0.05, 0) is 66.7 Å². The van der Waals surface area contributed by atoms with Crippen LogP contribution in [0.25, 0.3) is 0 Å². The molecule has 2 heterocycles. The van der Waals surface area contributed by atoms with Crippen molar-refractivity contribution in [2.24, 2.45) is 40.2 Å². The molecule has 9 heteroatoms. The first-order valence-electron chi connectivity index (χ1n) is 17.7. The minimum Gasteiger partial charge on any atom is -0.461 e. The van der Waals surface area contributed by atoms with E-state index in [2.05, 4.69) is 30.8 Å². The average molecular weight is 670 g/mol. The van der Waals surface area contributed by atoms with Gasteiger partial charge in [-0.1, -0.05) is 67.5 Å². The number of esters is 1. The Bertz CT molecular complexity index is 1010. The summed E-state index contributed by atoms with van der Waals surface area (Å²) in [4.78, 5) is 18.9. The van der Waals surface area contributed by atoms with Gasteiger partial charge >= 0.3 is 5.97 Å². The van der Waals surface area contributed by atoms with Gasteiger partial charge in [0.05, 0.1) is 41.1 Å². The molecule has 2 fully saturated rings. The van der Waals surface area contributed by atoms with Crippen molar-refractivity contribution < 1.29 is 38.8 Å². The van der Waals surface area contributed by atoms with E-state index in [1.807, 2.05) is 83.1 Å². The van der Waals surface area contributed by atoms with E-state index in [0.717, 1.165) is 0 Å². The normalized spacial score (nSPS) is 40.6. The molecule has 3 unspecified atom stereocenters. The van der Waals surface area contributed by atoms with Crippen molar-refractivity contribution >= 4 is 11.7 Å². The Morgan fingerprint density at radius 2 is 1.49 bits per heavy atom. The Morgan fingerprint density at radius 1 is 0.936 bits per heavy atom. The Morgan fingerprint density at radius 3 is 1.96 bits per heavy atom. The molecule has 0 aromatic carbocycles. The Labute approximate surface area is 287 Å². The standard InChI is InChI=1S/C32H59NO8.C4H6.C2H6/c1-14-24-30(8,9)28(34)20(4)26(33-38-13)18(2)15-31(10,36)16-19(3)27(21(5)29(35)40-24)41-25-17-32(11,37-12)22(6)23(7)39-25;1-3-4-2;1-2/h18-25,27-28,34,36H,14-17H2,1-13H3;1-2H3;1-2H3/b33-26+;;/t18-,19-,20?,21-,22+,23?,24-,25+,27+,28?,31-,32-;;/m1../s1. The number of cyclic esters (lactones) is 1. The van der Waals surface area contributed by atoms with Crippen LogP contribution in [0.2, 0.25) is 0 Å². The first kappa shape index (κ1) is 45.3. The Balaban J connectivity index is 0.00000326. The maximum absolute atomic E-state index is 13.8. The Kier molecular flexibility index (Phi) is 19.4. The molecular weight excluding hydrogens is 598 g/mol. The van der Waals surface area contributed by atoms with Crippen LogP contribution in [0.4, 0.5) is 0 Å². The molecule has 2 aliphatic rings. The van der Waals surface area contributed by atoms with Crippen molar-refractivity contribution in [2.45, 2.75) is 171 Å². The van der Waals surface area contributed by atoms with Crippen LogP contribution in [0.1, 0.15) is 130 Å². The van der Waals surface area contributed by atoms with Gasteiger partial charge in [0.25, 0.3) is 0 Å². The number of oxime groups is 1. The second-order valence-electron chi connectivity index (χ2n) is 14.5. The van der Waals surface area contributed by atoms with Crippen molar-refractivity contribution in [3.8, 4) is 11.8 Å². The third kappa shape index (κ3) is 12.3. The summed E-state index contributed by atoms with van der Waals surface area (Å²) >= 11 is 0. The van der Waals surface area contributed by atoms with Gasteiger partial charge in [0, 0.05) is 36.7 Å². The SMILES string of the molecule is CC.CC#CC.CC[C@H]1OC(=O)[C@H](C)[C@@H](O[C@H]2C[C@@](C)(OC)[C@@H](C)C(C)O2)[C@H](C)C[C@](C)(O)C[C@@H](C)/C(=N\OC)C(C)C(O)C1(C)C. The van der Waals surface area contributed by atoms with Gasteiger partial charge in [-0.25, -0.2) is 0 Å². The zero-order valence-electron chi connectivity index (χ0n) is 32.9. The predicted molar refractivity (Wildman–Crippen MR) is 190 cm³/mol. The number of rotatable bonds is 5. The molecular formula is C38H71NO8. The smallest absolute Gasteiger partial charge is 0.311 e. The summed E-state index contributed by atoms with van der Waals surface area (Å²) in [7, 11) is 3.19. The molecule has 0 aromatic heterocycles. The summed E-state index contributed by atoms with van der Waals surface area (Å²) in [6.07, 6.45) is -0.880. The Hall–Kier alpha value is -1.70. The minimum absolute atomic E-state index is 0.106. The van der Waals surface area contributed by atoms with Crippen LogP contribution in [0.5, 0.6) is 0 Å². The zero-order valence-corrected chi connectivity index (χ0v) is 32.9. The van der Waals surface area contributed by atoms with Crippen LogP contribution in [0, 0.1) is 46.8 Å². The number of carbonyl (C=O) groups is 1. The molecule has 0 aromatic rings. The van der Waals surface area contributed by atoms with Crippen molar-refractivity contribution in [3.05, 3.63) is 0 Å².